The number of aryl methyl sites for hydroxylation is 1. The average molecular weight is 314 g/mol. The van der Waals surface area contributed by atoms with E-state index < -0.39 is 6.10 Å². The number of ether oxygens (including phenoxy) is 1. The van der Waals surface area contributed by atoms with Gasteiger partial charge in [-0.25, -0.2) is 0 Å². The quantitative estimate of drug-likeness (QED) is 0.812. The Morgan fingerprint density at radius 1 is 1.13 bits per heavy atom. The van der Waals surface area contributed by atoms with E-state index in [1.807, 2.05) is 62.8 Å². The molecular weight excluding hydrogens is 288 g/mol. The number of aliphatic hydroxyl groups excluding tert-OH is 1. The molecule has 4 heteroatoms. The number of benzene rings is 1. The Morgan fingerprint density at radius 3 is 2.39 bits per heavy atom. The fraction of sp³-hybridized carbons (Fsp3) is 0.421. The Balaban J connectivity index is 1.85. The highest BCUT2D eigenvalue weighted by Gasteiger charge is 2.18. The molecule has 0 spiro atoms. The Kier molecular flexibility index (Phi) is 6.56. The zero-order chi connectivity index (χ0) is 16.7. The molecule has 0 aliphatic carbocycles. The fourth-order valence-corrected chi connectivity index (χ4v) is 2.73. The van der Waals surface area contributed by atoms with Crippen LogP contribution in [-0.4, -0.2) is 41.3 Å². The van der Waals surface area contributed by atoms with Gasteiger partial charge in [0.15, 0.2) is 0 Å². The number of hydrogen-bond acceptors (Lipinski definition) is 4. The molecule has 0 fully saturated rings. The van der Waals surface area contributed by atoms with Crippen molar-refractivity contribution in [3.8, 4) is 5.75 Å². The van der Waals surface area contributed by atoms with Crippen molar-refractivity contribution < 1.29 is 9.84 Å². The summed E-state index contributed by atoms with van der Waals surface area (Å²) in [6.45, 7) is 5.04. The zero-order valence-corrected chi connectivity index (χ0v) is 14.1. The van der Waals surface area contributed by atoms with Crippen molar-refractivity contribution in [3.63, 3.8) is 0 Å². The molecule has 0 amide bonds. The molecule has 2 aromatic rings. The van der Waals surface area contributed by atoms with Crippen molar-refractivity contribution in [2.45, 2.75) is 32.4 Å². The van der Waals surface area contributed by atoms with E-state index in [9.17, 15) is 5.11 Å². The molecule has 124 valence electrons. The van der Waals surface area contributed by atoms with Gasteiger partial charge in [0.2, 0.25) is 0 Å². The first kappa shape index (κ1) is 17.4. The molecule has 2 atom stereocenters. The van der Waals surface area contributed by atoms with Crippen molar-refractivity contribution in [1.29, 1.82) is 0 Å². The van der Waals surface area contributed by atoms with Crippen molar-refractivity contribution in [2.75, 3.05) is 20.2 Å². The van der Waals surface area contributed by atoms with Gasteiger partial charge in [0.25, 0.3) is 0 Å². The molecule has 1 aromatic carbocycles. The van der Waals surface area contributed by atoms with E-state index in [1.165, 1.54) is 11.1 Å². The van der Waals surface area contributed by atoms with Crippen LogP contribution in [0.2, 0.25) is 0 Å². The van der Waals surface area contributed by atoms with E-state index in [1.54, 1.807) is 0 Å². The smallest absolute Gasteiger partial charge is 0.119 e. The summed E-state index contributed by atoms with van der Waals surface area (Å²) in [5, 5.41) is 10.2. The molecule has 1 aromatic heterocycles. The van der Waals surface area contributed by atoms with Crippen LogP contribution in [0.3, 0.4) is 0 Å². The van der Waals surface area contributed by atoms with Crippen LogP contribution >= 0.6 is 0 Å². The molecule has 0 aliphatic heterocycles. The van der Waals surface area contributed by atoms with Gasteiger partial charge in [-0.3, -0.25) is 9.88 Å². The SMILES string of the molecule is CCC(c1ccncc1)N(C)CC(O)COc1ccc(C)cc1. The Labute approximate surface area is 138 Å². The molecule has 2 rings (SSSR count). The second-order valence-electron chi connectivity index (χ2n) is 5.92. The van der Waals surface area contributed by atoms with Crippen LogP contribution in [0.4, 0.5) is 0 Å². The van der Waals surface area contributed by atoms with Gasteiger partial charge in [0.05, 0.1) is 0 Å². The molecule has 0 radical (unpaired) electrons. The highest BCUT2D eigenvalue weighted by Crippen LogP contribution is 2.22. The number of likely N-dealkylation sites (N-methyl/N-ethyl adjacent to an activating group) is 1. The molecule has 0 saturated heterocycles. The molecule has 2 unspecified atom stereocenters. The van der Waals surface area contributed by atoms with E-state index in [4.69, 9.17) is 4.74 Å². The number of aliphatic hydroxyl groups is 1. The number of aromatic nitrogens is 1. The highest BCUT2D eigenvalue weighted by molar-refractivity contribution is 5.26. The van der Waals surface area contributed by atoms with Gasteiger partial charge in [0.1, 0.15) is 18.5 Å². The second-order valence-corrected chi connectivity index (χ2v) is 5.92. The predicted molar refractivity (Wildman–Crippen MR) is 92.6 cm³/mol. The summed E-state index contributed by atoms with van der Waals surface area (Å²) in [5.41, 5.74) is 2.41. The zero-order valence-electron chi connectivity index (χ0n) is 14.1. The largest absolute Gasteiger partial charge is 0.491 e. The third-order valence-electron chi connectivity index (χ3n) is 3.97. The van der Waals surface area contributed by atoms with Crippen molar-refractivity contribution in [1.82, 2.24) is 9.88 Å². The van der Waals surface area contributed by atoms with Crippen LogP contribution in [0, 0.1) is 6.92 Å². The lowest BCUT2D eigenvalue weighted by molar-refractivity contribution is 0.0620. The number of pyridine rings is 1. The third kappa shape index (κ3) is 5.34. The maximum atomic E-state index is 10.2. The summed E-state index contributed by atoms with van der Waals surface area (Å²) < 4.78 is 5.66. The topological polar surface area (TPSA) is 45.6 Å². The first-order valence-electron chi connectivity index (χ1n) is 8.07. The van der Waals surface area contributed by atoms with Gasteiger partial charge < -0.3 is 9.84 Å². The minimum Gasteiger partial charge on any atom is -0.491 e. The summed E-state index contributed by atoms with van der Waals surface area (Å²) in [4.78, 5) is 6.23. The Morgan fingerprint density at radius 2 is 1.78 bits per heavy atom. The van der Waals surface area contributed by atoms with Crippen LogP contribution < -0.4 is 4.74 Å². The lowest BCUT2D eigenvalue weighted by Crippen LogP contribution is -2.35. The number of hydrogen-bond donors (Lipinski definition) is 1. The lowest BCUT2D eigenvalue weighted by atomic mass is 10.0. The van der Waals surface area contributed by atoms with E-state index >= 15 is 0 Å². The molecule has 4 nitrogen and oxygen atoms in total. The molecule has 0 saturated carbocycles. The number of rotatable bonds is 8. The standard InChI is InChI=1S/C19H26N2O2/c1-4-19(16-9-11-20-12-10-16)21(3)13-17(22)14-23-18-7-5-15(2)6-8-18/h5-12,17,19,22H,4,13-14H2,1-3H3. The van der Waals surface area contributed by atoms with Gasteiger partial charge in [0, 0.05) is 25.0 Å². The van der Waals surface area contributed by atoms with Crippen LogP contribution in [-0.2, 0) is 0 Å². The molecule has 0 aliphatic rings. The first-order valence-corrected chi connectivity index (χ1v) is 8.07. The number of nitrogens with zero attached hydrogens (tertiary/aromatic N) is 2. The minimum absolute atomic E-state index is 0.270. The van der Waals surface area contributed by atoms with Crippen molar-refractivity contribution in [2.24, 2.45) is 0 Å². The summed E-state index contributed by atoms with van der Waals surface area (Å²) in [7, 11) is 2.03. The molecule has 0 bridgehead atoms. The van der Waals surface area contributed by atoms with E-state index in [2.05, 4.69) is 16.8 Å². The second kappa shape index (κ2) is 8.65. The van der Waals surface area contributed by atoms with Crippen LogP contribution in [0.5, 0.6) is 5.75 Å². The average Bonchev–Trinajstić information content (AvgIpc) is 2.56. The Bertz CT molecular complexity index is 572. The summed E-state index contributed by atoms with van der Waals surface area (Å²) in [5.74, 6) is 0.790. The first-order chi connectivity index (χ1) is 11.1. The van der Waals surface area contributed by atoms with Gasteiger partial charge in [-0.2, -0.15) is 0 Å². The molecule has 1 N–H and O–H groups in total. The van der Waals surface area contributed by atoms with Crippen LogP contribution in [0.15, 0.2) is 48.8 Å². The maximum absolute atomic E-state index is 10.2. The predicted octanol–water partition coefficient (Wildman–Crippen LogP) is 3.21. The van der Waals surface area contributed by atoms with Gasteiger partial charge >= 0.3 is 0 Å². The van der Waals surface area contributed by atoms with E-state index in [0.29, 0.717) is 13.2 Å². The minimum atomic E-state index is -0.530. The summed E-state index contributed by atoms with van der Waals surface area (Å²) >= 11 is 0. The molecule has 1 heterocycles. The normalized spacial score (nSPS) is 13.8. The van der Waals surface area contributed by atoms with Crippen LogP contribution in [0.25, 0.3) is 0 Å². The van der Waals surface area contributed by atoms with Crippen molar-refractivity contribution in [3.05, 3.63) is 59.9 Å². The molecular formula is C19H26N2O2. The van der Waals surface area contributed by atoms with Gasteiger partial charge in [-0.05, 0) is 50.2 Å². The highest BCUT2D eigenvalue weighted by atomic mass is 16.5. The van der Waals surface area contributed by atoms with E-state index in [-0.39, 0.29) is 6.04 Å². The Hall–Kier alpha value is -1.91. The maximum Gasteiger partial charge on any atom is 0.119 e. The summed E-state index contributed by atoms with van der Waals surface area (Å²) in [6.07, 6.45) is 4.06. The van der Waals surface area contributed by atoms with Crippen molar-refractivity contribution >= 4 is 0 Å². The monoisotopic (exact) mass is 314 g/mol. The van der Waals surface area contributed by atoms with E-state index in [0.717, 1.165) is 12.2 Å². The van der Waals surface area contributed by atoms with Gasteiger partial charge in [-0.15, -0.1) is 0 Å². The summed E-state index contributed by atoms with van der Waals surface area (Å²) in [6, 6.07) is 12.2. The fourth-order valence-electron chi connectivity index (χ4n) is 2.73. The lowest BCUT2D eigenvalue weighted by Gasteiger charge is -2.29. The third-order valence-corrected chi connectivity index (χ3v) is 3.97. The molecule has 23 heavy (non-hydrogen) atoms. The van der Waals surface area contributed by atoms with Gasteiger partial charge in [-0.1, -0.05) is 24.6 Å². The van der Waals surface area contributed by atoms with Crippen LogP contribution in [0.1, 0.15) is 30.5 Å².